The molecule has 0 N–H and O–H groups in total. The van der Waals surface area contributed by atoms with Gasteiger partial charge in [-0.05, 0) is 32.1 Å². The van der Waals surface area contributed by atoms with E-state index in [-0.39, 0.29) is 5.78 Å². The molecule has 0 saturated carbocycles. The Morgan fingerprint density at radius 1 is 1.55 bits per heavy atom. The van der Waals surface area contributed by atoms with Crippen molar-refractivity contribution < 1.29 is 9.21 Å². The van der Waals surface area contributed by atoms with Crippen LogP contribution in [0, 0.1) is 0 Å². The molecule has 1 aromatic heterocycles. The Kier molecular flexibility index (Phi) is 2.26. The third-order valence-electron chi connectivity index (χ3n) is 1.18. The summed E-state index contributed by atoms with van der Waals surface area (Å²) in [6.45, 7) is 3.75. The molecule has 0 aliphatic rings. The van der Waals surface area contributed by atoms with Gasteiger partial charge in [0.2, 0.25) is 5.78 Å². The van der Waals surface area contributed by atoms with Crippen LogP contribution in [0.4, 0.5) is 0 Å². The van der Waals surface area contributed by atoms with Crippen molar-refractivity contribution in [2.24, 2.45) is 0 Å². The van der Waals surface area contributed by atoms with Crippen LogP contribution in [0.1, 0.15) is 24.4 Å². The van der Waals surface area contributed by atoms with Crippen LogP contribution < -0.4 is 0 Å². The molecule has 0 spiro atoms. The average molecular weight is 150 g/mol. The fraction of sp³-hybridized carbons (Fsp3) is 0.222. The predicted molar refractivity (Wildman–Crippen MR) is 42.5 cm³/mol. The van der Waals surface area contributed by atoms with Gasteiger partial charge in [0, 0.05) is 0 Å². The summed E-state index contributed by atoms with van der Waals surface area (Å²) in [4.78, 5) is 11.1. The largest absolute Gasteiger partial charge is 0.461 e. The smallest absolute Gasteiger partial charge is 0.220 e. The molecule has 0 saturated heterocycles. The summed E-state index contributed by atoms with van der Waals surface area (Å²) in [5, 5.41) is 0. The van der Waals surface area contributed by atoms with Crippen LogP contribution in [0.2, 0.25) is 0 Å². The lowest BCUT2D eigenvalue weighted by atomic mass is 10.2. The molecule has 2 heteroatoms. The van der Waals surface area contributed by atoms with E-state index in [9.17, 15) is 4.79 Å². The van der Waals surface area contributed by atoms with Crippen LogP contribution in [-0.2, 0) is 0 Å². The maximum atomic E-state index is 11.1. The van der Waals surface area contributed by atoms with Crippen molar-refractivity contribution in [2.45, 2.75) is 13.8 Å². The van der Waals surface area contributed by atoms with Gasteiger partial charge in [-0.25, -0.2) is 0 Å². The zero-order chi connectivity index (χ0) is 8.27. The maximum Gasteiger partial charge on any atom is 0.220 e. The highest BCUT2D eigenvalue weighted by Gasteiger charge is 2.03. The molecule has 0 amide bonds. The van der Waals surface area contributed by atoms with Gasteiger partial charge in [0.1, 0.15) is 0 Å². The van der Waals surface area contributed by atoms with Crippen molar-refractivity contribution in [1.82, 2.24) is 0 Å². The van der Waals surface area contributed by atoms with Gasteiger partial charge in [-0.2, -0.15) is 0 Å². The van der Waals surface area contributed by atoms with Gasteiger partial charge < -0.3 is 4.42 Å². The number of furan rings is 1. The van der Waals surface area contributed by atoms with E-state index in [0.717, 1.165) is 5.57 Å². The van der Waals surface area contributed by atoms with Crippen LogP contribution in [0.3, 0.4) is 0 Å². The first-order valence-corrected chi connectivity index (χ1v) is 3.43. The second kappa shape index (κ2) is 3.19. The van der Waals surface area contributed by atoms with Gasteiger partial charge in [0.15, 0.2) is 5.76 Å². The fourth-order valence-corrected chi connectivity index (χ4v) is 0.752. The average Bonchev–Trinajstić information content (AvgIpc) is 2.35. The summed E-state index contributed by atoms with van der Waals surface area (Å²) in [5.41, 5.74) is 0.978. The zero-order valence-corrected chi connectivity index (χ0v) is 6.63. The predicted octanol–water partition coefficient (Wildman–Crippen LogP) is 2.43. The molecular weight excluding hydrogens is 140 g/mol. The minimum atomic E-state index is -0.0741. The molecular formula is C9H10O2. The normalized spacial score (nSPS) is 9.27. The molecule has 0 aliphatic heterocycles. The van der Waals surface area contributed by atoms with Crippen LogP contribution >= 0.6 is 0 Å². The van der Waals surface area contributed by atoms with Gasteiger partial charge in [0.25, 0.3) is 0 Å². The molecule has 0 radical (unpaired) electrons. The van der Waals surface area contributed by atoms with Crippen LogP contribution in [0.5, 0.6) is 0 Å². The summed E-state index contributed by atoms with van der Waals surface area (Å²) in [6.07, 6.45) is 3.05. The summed E-state index contributed by atoms with van der Waals surface area (Å²) in [7, 11) is 0. The van der Waals surface area contributed by atoms with Crippen LogP contribution in [0.25, 0.3) is 0 Å². The van der Waals surface area contributed by atoms with Crippen molar-refractivity contribution in [3.8, 4) is 0 Å². The third-order valence-corrected chi connectivity index (χ3v) is 1.18. The van der Waals surface area contributed by atoms with Crippen LogP contribution in [0.15, 0.2) is 34.5 Å². The molecule has 1 heterocycles. The number of hydrogen-bond donors (Lipinski definition) is 0. The second-order valence-corrected chi connectivity index (χ2v) is 2.56. The standard InChI is InChI=1S/C9H10O2/c1-7(2)6-8(10)9-4-3-5-11-9/h3-6H,1-2H3. The quantitative estimate of drug-likeness (QED) is 0.478. The summed E-state index contributed by atoms with van der Waals surface area (Å²) in [5.74, 6) is 0.321. The molecule has 0 fully saturated rings. The van der Waals surface area contributed by atoms with Gasteiger partial charge in [-0.3, -0.25) is 4.79 Å². The second-order valence-electron chi connectivity index (χ2n) is 2.56. The molecule has 0 atom stereocenters. The Morgan fingerprint density at radius 3 is 2.73 bits per heavy atom. The monoisotopic (exact) mass is 150 g/mol. The lowest BCUT2D eigenvalue weighted by Crippen LogP contribution is -1.91. The summed E-state index contributed by atoms with van der Waals surface area (Å²) in [6, 6.07) is 3.36. The number of carbonyl (C=O) groups is 1. The fourth-order valence-electron chi connectivity index (χ4n) is 0.752. The zero-order valence-electron chi connectivity index (χ0n) is 6.63. The summed E-state index contributed by atoms with van der Waals surface area (Å²) >= 11 is 0. The molecule has 0 bridgehead atoms. The van der Waals surface area contributed by atoms with Crippen LogP contribution in [-0.4, -0.2) is 5.78 Å². The molecule has 2 nitrogen and oxygen atoms in total. The van der Waals surface area contributed by atoms with E-state index >= 15 is 0 Å². The molecule has 1 rings (SSSR count). The van der Waals surface area contributed by atoms with E-state index in [2.05, 4.69) is 0 Å². The lowest BCUT2D eigenvalue weighted by molar-refractivity contribution is 0.102. The molecule has 58 valence electrons. The van der Waals surface area contributed by atoms with Gasteiger partial charge in [-0.15, -0.1) is 0 Å². The Bertz CT molecular complexity index is 264. The highest BCUT2D eigenvalue weighted by molar-refractivity contribution is 6.02. The first kappa shape index (κ1) is 7.79. The van der Waals surface area contributed by atoms with Crippen molar-refractivity contribution in [2.75, 3.05) is 0 Å². The van der Waals surface area contributed by atoms with Gasteiger partial charge in [0.05, 0.1) is 6.26 Å². The Hall–Kier alpha value is -1.31. The minimum Gasteiger partial charge on any atom is -0.461 e. The summed E-state index contributed by atoms with van der Waals surface area (Å²) < 4.78 is 4.90. The number of rotatable bonds is 2. The van der Waals surface area contributed by atoms with Crippen molar-refractivity contribution in [3.05, 3.63) is 35.8 Å². The SMILES string of the molecule is CC(C)=CC(=O)c1ccco1. The first-order valence-electron chi connectivity index (χ1n) is 3.43. The Morgan fingerprint density at radius 2 is 2.27 bits per heavy atom. The molecule has 11 heavy (non-hydrogen) atoms. The van der Waals surface area contributed by atoms with Gasteiger partial charge in [-0.1, -0.05) is 5.57 Å². The maximum absolute atomic E-state index is 11.1. The van der Waals surface area contributed by atoms with Crippen molar-refractivity contribution >= 4 is 5.78 Å². The Labute approximate surface area is 65.5 Å². The van der Waals surface area contributed by atoms with E-state index in [0.29, 0.717) is 5.76 Å². The highest BCUT2D eigenvalue weighted by Crippen LogP contribution is 2.03. The minimum absolute atomic E-state index is 0.0741. The van der Waals surface area contributed by atoms with E-state index in [4.69, 9.17) is 4.42 Å². The number of carbonyl (C=O) groups excluding carboxylic acids is 1. The third kappa shape index (κ3) is 2.08. The topological polar surface area (TPSA) is 30.2 Å². The van der Waals surface area contributed by atoms with Crippen molar-refractivity contribution in [1.29, 1.82) is 0 Å². The van der Waals surface area contributed by atoms with E-state index in [1.54, 1.807) is 18.2 Å². The van der Waals surface area contributed by atoms with E-state index in [1.165, 1.54) is 6.26 Å². The number of ketones is 1. The number of hydrogen-bond acceptors (Lipinski definition) is 2. The number of allylic oxidation sites excluding steroid dienone is 2. The van der Waals surface area contributed by atoms with E-state index in [1.807, 2.05) is 13.8 Å². The van der Waals surface area contributed by atoms with Crippen molar-refractivity contribution in [3.63, 3.8) is 0 Å². The molecule has 0 aromatic carbocycles. The molecule has 0 unspecified atom stereocenters. The van der Waals surface area contributed by atoms with Gasteiger partial charge >= 0.3 is 0 Å². The Balaban J connectivity index is 2.80. The van der Waals surface area contributed by atoms with E-state index < -0.39 is 0 Å². The highest BCUT2D eigenvalue weighted by atomic mass is 16.3. The lowest BCUT2D eigenvalue weighted by Gasteiger charge is -1.88. The first-order chi connectivity index (χ1) is 5.20. The molecule has 0 aliphatic carbocycles. The molecule has 1 aromatic rings.